The molecule has 0 atom stereocenters. The monoisotopic (exact) mass is 375 g/mol. The Bertz CT molecular complexity index is 989. The molecule has 4 rings (SSSR count). The van der Waals surface area contributed by atoms with Gasteiger partial charge in [0.1, 0.15) is 44.1 Å². The average molecular weight is 375 g/mol. The van der Waals surface area contributed by atoms with Crippen LogP contribution >= 0.6 is 0 Å². The van der Waals surface area contributed by atoms with Crippen LogP contribution in [0.1, 0.15) is 5.69 Å². The number of rotatable bonds is 8. The van der Waals surface area contributed by atoms with Crippen LogP contribution in [0.5, 0.6) is 11.5 Å². The normalized spacial score (nSPS) is 13.1. The van der Waals surface area contributed by atoms with Crippen LogP contribution in [0.2, 0.25) is 0 Å². The van der Waals surface area contributed by atoms with Gasteiger partial charge in [-0.15, -0.1) is 0 Å². The molecule has 1 N–H and O–H groups in total. The van der Waals surface area contributed by atoms with Gasteiger partial charge in [-0.25, -0.2) is 15.4 Å². The smallest absolute Gasteiger partial charge is 0.130 e. The number of hydrazine groups is 1. The van der Waals surface area contributed by atoms with Crippen LogP contribution in [0, 0.1) is 0 Å². The molecule has 142 valence electrons. The summed E-state index contributed by atoms with van der Waals surface area (Å²) in [4.78, 5) is 12.6. The fraction of sp³-hybridized carbons (Fsp3) is 0.190. The van der Waals surface area contributed by atoms with E-state index >= 15 is 0 Å². The van der Waals surface area contributed by atoms with Gasteiger partial charge in [0.25, 0.3) is 0 Å². The molecule has 0 fully saturated rings. The molecule has 3 aromatic rings. The number of para-hydroxylation sites is 1. The van der Waals surface area contributed by atoms with E-state index in [-0.39, 0.29) is 0 Å². The van der Waals surface area contributed by atoms with Crippen molar-refractivity contribution in [1.29, 1.82) is 0 Å². The molecule has 0 spiro atoms. The molecule has 0 saturated heterocycles. The fourth-order valence-corrected chi connectivity index (χ4v) is 2.77. The number of fused-ring (bicyclic) bond motifs is 1. The molecular weight excluding hydrogens is 354 g/mol. The standard InChI is InChI=1S/C21H21N5O2/c1-2-7-21-17(4-1)8-9-18(25-21)13-28-20-6-3-5-19(12-20)27-11-10-24-26-15-22-14-23-16-26/h1-9,12,14-15,24H,10-11,13,16H2. The quantitative estimate of drug-likeness (QED) is 0.613. The lowest BCUT2D eigenvalue weighted by atomic mass is 10.2. The fourth-order valence-electron chi connectivity index (χ4n) is 2.77. The summed E-state index contributed by atoms with van der Waals surface area (Å²) < 4.78 is 11.7. The molecule has 0 saturated carbocycles. The Morgan fingerprint density at radius 3 is 2.75 bits per heavy atom. The first-order valence-corrected chi connectivity index (χ1v) is 9.09. The first-order valence-electron chi connectivity index (χ1n) is 9.09. The zero-order valence-electron chi connectivity index (χ0n) is 15.4. The molecule has 0 bridgehead atoms. The minimum Gasteiger partial charge on any atom is -0.492 e. The molecule has 7 heteroatoms. The summed E-state index contributed by atoms with van der Waals surface area (Å²) >= 11 is 0. The molecule has 1 aliphatic heterocycles. The van der Waals surface area contributed by atoms with E-state index in [1.807, 2.05) is 54.6 Å². The van der Waals surface area contributed by atoms with Crippen molar-refractivity contribution < 1.29 is 9.47 Å². The molecule has 0 unspecified atom stereocenters. The number of aliphatic imine (C=N–C) groups is 2. The minimum atomic E-state index is 0.407. The summed E-state index contributed by atoms with van der Waals surface area (Å²) in [7, 11) is 0. The third-order valence-electron chi connectivity index (χ3n) is 4.12. The van der Waals surface area contributed by atoms with Crippen molar-refractivity contribution in [2.45, 2.75) is 6.61 Å². The van der Waals surface area contributed by atoms with Crippen molar-refractivity contribution in [3.8, 4) is 11.5 Å². The zero-order valence-corrected chi connectivity index (χ0v) is 15.4. The Morgan fingerprint density at radius 1 is 0.964 bits per heavy atom. The van der Waals surface area contributed by atoms with Crippen molar-refractivity contribution >= 4 is 23.6 Å². The van der Waals surface area contributed by atoms with Gasteiger partial charge in [-0.1, -0.05) is 30.3 Å². The van der Waals surface area contributed by atoms with E-state index in [1.165, 1.54) is 6.34 Å². The Kier molecular flexibility index (Phi) is 5.74. The van der Waals surface area contributed by atoms with Crippen LogP contribution in [-0.4, -0.2) is 42.5 Å². The van der Waals surface area contributed by atoms with Gasteiger partial charge in [0.05, 0.1) is 11.2 Å². The highest BCUT2D eigenvalue weighted by Crippen LogP contribution is 2.20. The zero-order chi connectivity index (χ0) is 19.0. The Morgan fingerprint density at radius 2 is 1.86 bits per heavy atom. The molecule has 0 aliphatic carbocycles. The summed E-state index contributed by atoms with van der Waals surface area (Å²) in [6, 6.07) is 19.7. The number of benzene rings is 2. The lowest BCUT2D eigenvalue weighted by molar-refractivity contribution is 0.253. The first kappa shape index (κ1) is 17.9. The maximum atomic E-state index is 5.88. The number of aromatic nitrogens is 1. The number of hydrogen-bond acceptors (Lipinski definition) is 7. The Balaban J connectivity index is 1.27. The Labute approximate surface area is 163 Å². The van der Waals surface area contributed by atoms with Crippen molar-refractivity contribution in [2.75, 3.05) is 19.8 Å². The second-order valence-electron chi connectivity index (χ2n) is 6.19. The summed E-state index contributed by atoms with van der Waals surface area (Å²) in [5.74, 6) is 1.51. The summed E-state index contributed by atoms with van der Waals surface area (Å²) in [5.41, 5.74) is 5.03. The largest absolute Gasteiger partial charge is 0.492 e. The average Bonchev–Trinajstić information content (AvgIpc) is 2.76. The van der Waals surface area contributed by atoms with Gasteiger partial charge in [0.15, 0.2) is 0 Å². The second-order valence-corrected chi connectivity index (χ2v) is 6.19. The molecule has 0 radical (unpaired) electrons. The van der Waals surface area contributed by atoms with E-state index in [0.717, 1.165) is 28.1 Å². The molecule has 2 aromatic carbocycles. The van der Waals surface area contributed by atoms with E-state index in [9.17, 15) is 0 Å². The van der Waals surface area contributed by atoms with Gasteiger partial charge >= 0.3 is 0 Å². The van der Waals surface area contributed by atoms with E-state index in [2.05, 4.69) is 26.5 Å². The molecule has 1 aliphatic rings. The lowest BCUT2D eigenvalue weighted by Crippen LogP contribution is -2.40. The number of hydrogen-bond donors (Lipinski definition) is 1. The van der Waals surface area contributed by atoms with Gasteiger partial charge in [0.2, 0.25) is 0 Å². The highest BCUT2D eigenvalue weighted by molar-refractivity contribution is 5.78. The topological polar surface area (TPSA) is 71.3 Å². The van der Waals surface area contributed by atoms with Crippen molar-refractivity contribution in [3.05, 3.63) is 66.4 Å². The lowest BCUT2D eigenvalue weighted by Gasteiger charge is -2.19. The van der Waals surface area contributed by atoms with Crippen LogP contribution in [0.15, 0.2) is 70.6 Å². The predicted molar refractivity (Wildman–Crippen MR) is 110 cm³/mol. The van der Waals surface area contributed by atoms with Crippen LogP contribution in [-0.2, 0) is 6.61 Å². The molecular formula is C21H21N5O2. The number of ether oxygens (including phenoxy) is 2. The molecule has 28 heavy (non-hydrogen) atoms. The SMILES string of the molecule is C1=NC=NCN1NCCOc1cccc(OCc2ccc3ccccc3n2)c1. The van der Waals surface area contributed by atoms with Crippen LogP contribution in [0.4, 0.5) is 0 Å². The number of nitrogens with zero attached hydrogens (tertiary/aromatic N) is 4. The maximum Gasteiger partial charge on any atom is 0.130 e. The minimum absolute atomic E-state index is 0.407. The van der Waals surface area contributed by atoms with Gasteiger partial charge in [-0.2, -0.15) is 0 Å². The van der Waals surface area contributed by atoms with Gasteiger partial charge in [-0.3, -0.25) is 10.0 Å². The highest BCUT2D eigenvalue weighted by atomic mass is 16.5. The highest BCUT2D eigenvalue weighted by Gasteiger charge is 2.03. The second kappa shape index (κ2) is 8.96. The van der Waals surface area contributed by atoms with Crippen LogP contribution in [0.3, 0.4) is 0 Å². The number of pyridine rings is 1. The molecule has 1 aromatic heterocycles. The third-order valence-corrected chi connectivity index (χ3v) is 4.12. The van der Waals surface area contributed by atoms with E-state index in [1.54, 1.807) is 11.3 Å². The predicted octanol–water partition coefficient (Wildman–Crippen LogP) is 3.03. The Hall–Kier alpha value is -3.45. The summed E-state index contributed by atoms with van der Waals surface area (Å²) in [6.07, 6.45) is 3.23. The first-order chi connectivity index (χ1) is 13.9. The number of nitrogens with one attached hydrogen (secondary N) is 1. The molecule has 0 amide bonds. The van der Waals surface area contributed by atoms with Crippen LogP contribution in [0.25, 0.3) is 10.9 Å². The van der Waals surface area contributed by atoms with Crippen LogP contribution < -0.4 is 14.9 Å². The van der Waals surface area contributed by atoms with Crippen molar-refractivity contribution in [1.82, 2.24) is 15.4 Å². The van der Waals surface area contributed by atoms with E-state index in [0.29, 0.717) is 26.4 Å². The summed E-state index contributed by atoms with van der Waals surface area (Å²) in [6.45, 7) is 2.12. The van der Waals surface area contributed by atoms with Crippen molar-refractivity contribution in [3.63, 3.8) is 0 Å². The van der Waals surface area contributed by atoms with E-state index < -0.39 is 0 Å². The van der Waals surface area contributed by atoms with Gasteiger partial charge in [-0.05, 0) is 24.3 Å². The molecule has 2 heterocycles. The van der Waals surface area contributed by atoms with E-state index in [4.69, 9.17) is 9.47 Å². The maximum absolute atomic E-state index is 5.88. The van der Waals surface area contributed by atoms with Gasteiger partial charge in [0, 0.05) is 18.0 Å². The molecule has 7 nitrogen and oxygen atoms in total. The van der Waals surface area contributed by atoms with Crippen molar-refractivity contribution in [2.24, 2.45) is 9.98 Å². The summed E-state index contributed by atoms with van der Waals surface area (Å²) in [5, 5.41) is 2.93. The third kappa shape index (κ3) is 4.83. The van der Waals surface area contributed by atoms with Gasteiger partial charge < -0.3 is 9.47 Å².